The van der Waals surface area contributed by atoms with Crippen LogP contribution in [-0.2, 0) is 0 Å². The summed E-state index contributed by atoms with van der Waals surface area (Å²) in [6.07, 6.45) is 10.1. The zero-order valence-corrected chi connectivity index (χ0v) is 18.5. The molecule has 1 amide bonds. The van der Waals surface area contributed by atoms with E-state index < -0.39 is 0 Å². The fourth-order valence-electron chi connectivity index (χ4n) is 4.52. The van der Waals surface area contributed by atoms with Gasteiger partial charge in [0, 0.05) is 26.3 Å². The molecule has 31 heavy (non-hydrogen) atoms. The Morgan fingerprint density at radius 2 is 1.97 bits per heavy atom. The quantitative estimate of drug-likeness (QED) is 0.577. The van der Waals surface area contributed by atoms with Crippen LogP contribution in [0.25, 0.3) is 5.95 Å². The Hall–Kier alpha value is -3.30. The molecule has 1 aliphatic carbocycles. The van der Waals surface area contributed by atoms with Crippen molar-refractivity contribution in [2.75, 3.05) is 23.9 Å². The first-order chi connectivity index (χ1) is 14.8. The number of nitrogens with one attached hydrogen (secondary N) is 2. The average molecular weight is 424 g/mol. The van der Waals surface area contributed by atoms with Crippen LogP contribution in [0, 0.1) is 10.8 Å². The van der Waals surface area contributed by atoms with E-state index >= 15 is 0 Å². The predicted octanol–water partition coefficient (Wildman–Crippen LogP) is 2.69. The number of carbonyl (C=O) groups excluding carboxylic acids is 1. The van der Waals surface area contributed by atoms with Crippen LogP contribution in [0.1, 0.15) is 56.4 Å². The molecule has 10 nitrogen and oxygen atoms in total. The molecule has 0 bridgehead atoms. The third-order valence-corrected chi connectivity index (χ3v) is 5.99. The van der Waals surface area contributed by atoms with Crippen LogP contribution in [0.2, 0.25) is 0 Å². The molecule has 2 aromatic rings. The summed E-state index contributed by atoms with van der Waals surface area (Å²) >= 11 is 0. The summed E-state index contributed by atoms with van der Waals surface area (Å²) in [5.41, 5.74) is 0.978. The van der Waals surface area contributed by atoms with E-state index in [0.717, 1.165) is 25.1 Å². The van der Waals surface area contributed by atoms with Gasteiger partial charge >= 0.3 is 0 Å². The van der Waals surface area contributed by atoms with E-state index in [1.54, 1.807) is 49.2 Å². The molecule has 2 N–H and O–H groups in total. The molecule has 1 fully saturated rings. The van der Waals surface area contributed by atoms with Gasteiger partial charge in [-0.1, -0.05) is 19.8 Å². The van der Waals surface area contributed by atoms with Gasteiger partial charge in [0.05, 0.1) is 12.2 Å². The highest BCUT2D eigenvalue weighted by molar-refractivity contribution is 6.21. The lowest BCUT2D eigenvalue weighted by molar-refractivity contribution is 0.0822. The molecule has 0 spiro atoms. The van der Waals surface area contributed by atoms with Gasteiger partial charge in [0.15, 0.2) is 5.82 Å². The van der Waals surface area contributed by atoms with Crippen LogP contribution >= 0.6 is 0 Å². The molecule has 0 aromatic carbocycles. The summed E-state index contributed by atoms with van der Waals surface area (Å²) in [5, 5.41) is 17.1. The normalized spacial score (nSPS) is 19.0. The minimum absolute atomic E-state index is 0.146. The van der Waals surface area contributed by atoms with Crippen molar-refractivity contribution in [1.82, 2.24) is 24.4 Å². The van der Waals surface area contributed by atoms with Crippen molar-refractivity contribution >= 4 is 29.1 Å². The fraction of sp³-hybridized carbons (Fsp3) is 0.524. The molecular formula is C21H29N9O. The molecule has 3 heterocycles. The number of nitrogens with zero attached hydrogens (tertiary/aromatic N) is 7. The van der Waals surface area contributed by atoms with Crippen LogP contribution in [-0.4, -0.2) is 68.2 Å². The van der Waals surface area contributed by atoms with Gasteiger partial charge in [0.25, 0.3) is 5.91 Å². The first kappa shape index (κ1) is 21.0. The first-order valence-electron chi connectivity index (χ1n) is 10.7. The Labute approximate surface area is 181 Å². The lowest BCUT2D eigenvalue weighted by Gasteiger charge is -2.45. The van der Waals surface area contributed by atoms with Gasteiger partial charge in [0.2, 0.25) is 5.95 Å². The molecule has 4 rings (SSSR count). The third-order valence-electron chi connectivity index (χ3n) is 5.99. The molecule has 1 saturated carbocycles. The molecule has 0 unspecified atom stereocenters. The van der Waals surface area contributed by atoms with Gasteiger partial charge in [-0.2, -0.15) is 4.98 Å². The summed E-state index contributed by atoms with van der Waals surface area (Å²) < 4.78 is 1.65. The molecule has 0 radical (unpaired) electrons. The van der Waals surface area contributed by atoms with E-state index in [-0.39, 0.29) is 17.8 Å². The number of imidazole rings is 1. The Morgan fingerprint density at radius 1 is 1.26 bits per heavy atom. The minimum atomic E-state index is -0.186. The minimum Gasteiger partial charge on any atom is -0.343 e. The monoisotopic (exact) mass is 423 g/mol. The van der Waals surface area contributed by atoms with Crippen molar-refractivity contribution in [2.24, 2.45) is 0 Å². The van der Waals surface area contributed by atoms with Crippen molar-refractivity contribution < 1.29 is 4.79 Å². The first-order valence-corrected chi connectivity index (χ1v) is 10.7. The van der Waals surface area contributed by atoms with Gasteiger partial charge in [-0.3, -0.25) is 25.1 Å². The number of fused-ring (bicyclic) bond motifs is 1. The van der Waals surface area contributed by atoms with Crippen molar-refractivity contribution in [3.05, 3.63) is 24.4 Å². The molecule has 0 saturated heterocycles. The van der Waals surface area contributed by atoms with Gasteiger partial charge in [-0.05, 0) is 26.2 Å². The summed E-state index contributed by atoms with van der Waals surface area (Å²) in [5.74, 6) is 1.63. The van der Waals surface area contributed by atoms with E-state index in [1.165, 1.54) is 17.7 Å². The average Bonchev–Trinajstić information content (AvgIpc) is 3.43. The van der Waals surface area contributed by atoms with Gasteiger partial charge < -0.3 is 9.80 Å². The number of hydrogen-bond acceptors (Lipinski definition) is 7. The highest BCUT2D eigenvalue weighted by Gasteiger charge is 2.41. The van der Waals surface area contributed by atoms with Crippen molar-refractivity contribution in [1.29, 1.82) is 10.8 Å². The van der Waals surface area contributed by atoms with Crippen LogP contribution < -0.4 is 9.80 Å². The molecule has 2 aliphatic rings. The third kappa shape index (κ3) is 3.55. The standard InChI is InChI=1S/C21H29N9O/c1-5-16-18(23)29(13(2)22)17-10-24-21(26-19(17)30(16)14-8-6-7-9-14)28-11-15(25-12-28)20(31)27(3)4/h10-12,14,16,22-23H,5-9H2,1-4H3/t16-/m1/s1. The highest BCUT2D eigenvalue weighted by atomic mass is 16.2. The molecule has 2 aromatic heterocycles. The lowest BCUT2D eigenvalue weighted by Crippen LogP contribution is -2.57. The van der Waals surface area contributed by atoms with E-state index in [4.69, 9.17) is 15.8 Å². The molecule has 10 heteroatoms. The molecule has 1 atom stereocenters. The van der Waals surface area contributed by atoms with E-state index in [1.807, 2.05) is 0 Å². The number of hydrogen-bond donors (Lipinski definition) is 2. The van der Waals surface area contributed by atoms with E-state index in [9.17, 15) is 4.79 Å². The number of amides is 1. The van der Waals surface area contributed by atoms with Crippen LogP contribution in [0.15, 0.2) is 18.7 Å². The molecular weight excluding hydrogens is 394 g/mol. The smallest absolute Gasteiger partial charge is 0.273 e. The summed E-state index contributed by atoms with van der Waals surface area (Å²) in [4.78, 5) is 31.2. The van der Waals surface area contributed by atoms with E-state index in [0.29, 0.717) is 29.2 Å². The summed E-state index contributed by atoms with van der Waals surface area (Å²) in [6.45, 7) is 3.75. The number of aromatic nitrogens is 4. The zero-order valence-electron chi connectivity index (χ0n) is 18.5. The Balaban J connectivity index is 1.82. The second-order valence-corrected chi connectivity index (χ2v) is 8.32. The number of rotatable bonds is 4. The topological polar surface area (TPSA) is 118 Å². The number of carbonyl (C=O) groups is 1. The fourth-order valence-corrected chi connectivity index (χ4v) is 4.52. The highest BCUT2D eigenvalue weighted by Crippen LogP contribution is 2.40. The van der Waals surface area contributed by atoms with Crippen molar-refractivity contribution in [3.8, 4) is 5.95 Å². The SMILES string of the molecule is CC[C@@H]1C(=N)N(C(C)=N)c2cnc(-n3cnc(C(=O)N(C)C)c3)nc2N1C1CCCC1. The Kier molecular flexibility index (Phi) is 5.47. The number of anilines is 2. The van der Waals surface area contributed by atoms with Gasteiger partial charge in [-0.15, -0.1) is 0 Å². The van der Waals surface area contributed by atoms with E-state index in [2.05, 4.69) is 21.8 Å². The maximum absolute atomic E-state index is 12.2. The van der Waals surface area contributed by atoms with Gasteiger partial charge in [0.1, 0.15) is 29.4 Å². The molecule has 164 valence electrons. The zero-order chi connectivity index (χ0) is 22.3. The van der Waals surface area contributed by atoms with Crippen molar-refractivity contribution in [3.63, 3.8) is 0 Å². The second-order valence-electron chi connectivity index (χ2n) is 8.32. The van der Waals surface area contributed by atoms with Crippen LogP contribution in [0.4, 0.5) is 11.5 Å². The second kappa shape index (κ2) is 8.09. The lowest BCUT2D eigenvalue weighted by atomic mass is 10.0. The number of amidine groups is 2. The predicted molar refractivity (Wildman–Crippen MR) is 120 cm³/mol. The largest absolute Gasteiger partial charge is 0.343 e. The summed E-state index contributed by atoms with van der Waals surface area (Å²) in [6, 6.07) is 0.168. The maximum Gasteiger partial charge on any atom is 0.273 e. The van der Waals surface area contributed by atoms with Crippen molar-refractivity contribution in [2.45, 2.75) is 58.0 Å². The Morgan fingerprint density at radius 3 is 2.58 bits per heavy atom. The van der Waals surface area contributed by atoms with Crippen LogP contribution in [0.5, 0.6) is 0 Å². The summed E-state index contributed by atoms with van der Waals surface area (Å²) in [7, 11) is 3.37. The van der Waals surface area contributed by atoms with Crippen LogP contribution in [0.3, 0.4) is 0 Å². The van der Waals surface area contributed by atoms with Gasteiger partial charge in [-0.25, -0.2) is 9.97 Å². The Bertz CT molecular complexity index is 1020. The molecule has 1 aliphatic heterocycles. The maximum atomic E-state index is 12.2.